The van der Waals surface area contributed by atoms with Crippen molar-refractivity contribution in [3.8, 4) is 0 Å². The van der Waals surface area contributed by atoms with E-state index in [4.69, 9.17) is 0 Å². The molecule has 2 aromatic rings. The molecule has 3 atom stereocenters. The van der Waals surface area contributed by atoms with E-state index in [-0.39, 0.29) is 34.4 Å². The molecular weight excluding hydrogens is 349 g/mol. The van der Waals surface area contributed by atoms with Crippen molar-refractivity contribution in [2.24, 2.45) is 0 Å². The Hall–Kier alpha value is -2.25. The third kappa shape index (κ3) is 2.52. The minimum Gasteiger partial charge on any atom is -0.477 e. The van der Waals surface area contributed by atoms with E-state index in [1.165, 1.54) is 6.20 Å². The van der Waals surface area contributed by atoms with Crippen molar-refractivity contribution in [1.82, 2.24) is 14.8 Å². The van der Waals surface area contributed by atoms with Gasteiger partial charge in [-0.2, -0.15) is 0 Å². The molecule has 2 N–H and O–H groups in total. The zero-order chi connectivity index (χ0) is 18.9. The van der Waals surface area contributed by atoms with Gasteiger partial charge in [0.05, 0.1) is 16.9 Å². The quantitative estimate of drug-likeness (QED) is 0.865. The smallest absolute Gasteiger partial charge is 0.341 e. The summed E-state index contributed by atoms with van der Waals surface area (Å²) in [4.78, 5) is 26.6. The van der Waals surface area contributed by atoms with Gasteiger partial charge in [0, 0.05) is 43.5 Å². The van der Waals surface area contributed by atoms with Crippen LogP contribution < -0.4 is 10.7 Å². The van der Waals surface area contributed by atoms with Crippen LogP contribution >= 0.6 is 0 Å². The van der Waals surface area contributed by atoms with Gasteiger partial charge >= 0.3 is 5.97 Å². The number of carboxylic acid groups (broad SMARTS) is 1. The van der Waals surface area contributed by atoms with E-state index in [9.17, 15) is 14.7 Å². The number of hydrogen-bond donors (Lipinski definition) is 2. The van der Waals surface area contributed by atoms with Crippen LogP contribution in [0.1, 0.15) is 52.8 Å². The lowest BCUT2D eigenvalue weighted by Crippen LogP contribution is -2.45. The van der Waals surface area contributed by atoms with E-state index in [0.29, 0.717) is 23.7 Å². The van der Waals surface area contributed by atoms with Crippen LogP contribution in [0.4, 0.5) is 4.39 Å². The molecule has 3 fully saturated rings. The number of aryl methyl sites for hydroxylation is 1. The van der Waals surface area contributed by atoms with Crippen LogP contribution in [0.25, 0.3) is 10.9 Å². The number of aromatic nitrogens is 1. The Labute approximate surface area is 155 Å². The third-order valence-corrected chi connectivity index (χ3v) is 6.31. The van der Waals surface area contributed by atoms with E-state index in [0.717, 1.165) is 32.4 Å². The Morgan fingerprint density at radius 1 is 1.33 bits per heavy atom. The minimum atomic E-state index is -1.26. The highest BCUT2D eigenvalue weighted by Crippen LogP contribution is 2.39. The lowest BCUT2D eigenvalue weighted by atomic mass is 9.96. The summed E-state index contributed by atoms with van der Waals surface area (Å²) in [6.45, 7) is 4.13. The van der Waals surface area contributed by atoms with Crippen LogP contribution in [0.2, 0.25) is 0 Å². The number of carbonyl (C=O) groups is 1. The highest BCUT2D eigenvalue weighted by molar-refractivity contribution is 5.94. The number of nitrogens with one attached hydrogen (secondary N) is 1. The number of hydrogen-bond acceptors (Lipinski definition) is 4. The number of halogens is 1. The summed E-state index contributed by atoms with van der Waals surface area (Å²) in [7, 11) is 0. The average Bonchev–Trinajstić information content (AvgIpc) is 3.41. The number of rotatable bonds is 3. The van der Waals surface area contributed by atoms with Crippen molar-refractivity contribution in [3.63, 3.8) is 0 Å². The van der Waals surface area contributed by atoms with Gasteiger partial charge in [-0.1, -0.05) is 0 Å². The van der Waals surface area contributed by atoms with E-state index in [1.807, 2.05) is 4.57 Å². The monoisotopic (exact) mass is 371 g/mol. The summed E-state index contributed by atoms with van der Waals surface area (Å²) < 4.78 is 17.2. The molecule has 0 amide bonds. The van der Waals surface area contributed by atoms with Crippen molar-refractivity contribution in [1.29, 1.82) is 0 Å². The molecular formula is C20H22FN3O3. The standard InChI is InChI=1S/C20H22FN3O3/c1-10-17-15(24(12-2-3-12)9-14(19(17)25)20(26)27)6-13(18(10)21)16-7-22-11-4-5-23(16)8-11/h6,9,11-12,16,22H,2-5,7-8H2,1H3,(H,26,27). The fourth-order valence-electron chi connectivity index (χ4n) is 4.69. The maximum atomic E-state index is 15.4. The predicted molar refractivity (Wildman–Crippen MR) is 98.9 cm³/mol. The van der Waals surface area contributed by atoms with Gasteiger partial charge in [-0.3, -0.25) is 9.69 Å². The van der Waals surface area contributed by atoms with Gasteiger partial charge < -0.3 is 15.0 Å². The van der Waals surface area contributed by atoms with E-state index >= 15 is 4.39 Å². The number of benzene rings is 1. The summed E-state index contributed by atoms with van der Waals surface area (Å²) in [5.74, 6) is -1.65. The molecule has 2 saturated heterocycles. The van der Waals surface area contributed by atoms with Crippen LogP contribution in [-0.4, -0.2) is 46.2 Å². The number of pyridine rings is 1. The Kier molecular flexibility index (Phi) is 3.67. The molecule has 5 rings (SSSR count). The molecule has 3 heterocycles. The Balaban J connectivity index is 1.76. The number of piperazine rings is 1. The molecule has 0 radical (unpaired) electrons. The van der Waals surface area contributed by atoms with E-state index in [1.54, 1.807) is 13.0 Å². The molecule has 3 unspecified atom stereocenters. The van der Waals surface area contributed by atoms with Crippen molar-refractivity contribution in [3.05, 3.63) is 45.0 Å². The number of nitrogens with zero attached hydrogens (tertiary/aromatic N) is 2. The Morgan fingerprint density at radius 2 is 2.11 bits per heavy atom. The molecule has 1 saturated carbocycles. The SMILES string of the molecule is Cc1c(F)c(C2CNC3CCN2C3)cc2c1c(=O)c(C(=O)O)cn2C1CC1. The first-order valence-electron chi connectivity index (χ1n) is 9.54. The summed E-state index contributed by atoms with van der Waals surface area (Å²) >= 11 is 0. The van der Waals surface area contributed by atoms with Gasteiger partial charge in [0.25, 0.3) is 0 Å². The Bertz CT molecular complexity index is 1030. The molecule has 142 valence electrons. The van der Waals surface area contributed by atoms with Gasteiger partial charge in [-0.25, -0.2) is 9.18 Å². The first-order chi connectivity index (χ1) is 13.0. The lowest BCUT2D eigenvalue weighted by molar-refractivity contribution is 0.0695. The predicted octanol–water partition coefficient (Wildman–Crippen LogP) is 2.20. The maximum Gasteiger partial charge on any atom is 0.341 e. The highest BCUT2D eigenvalue weighted by Gasteiger charge is 2.36. The fourth-order valence-corrected chi connectivity index (χ4v) is 4.69. The zero-order valence-corrected chi connectivity index (χ0v) is 15.2. The van der Waals surface area contributed by atoms with Crippen molar-refractivity contribution >= 4 is 16.9 Å². The van der Waals surface area contributed by atoms with Crippen molar-refractivity contribution < 1.29 is 14.3 Å². The highest BCUT2D eigenvalue weighted by atomic mass is 19.1. The number of carboxylic acids is 1. The molecule has 1 aromatic heterocycles. The van der Waals surface area contributed by atoms with Crippen LogP contribution in [-0.2, 0) is 0 Å². The van der Waals surface area contributed by atoms with Crippen molar-refractivity contribution in [2.45, 2.75) is 44.3 Å². The van der Waals surface area contributed by atoms with Crippen LogP contribution in [0.5, 0.6) is 0 Å². The number of fused-ring (bicyclic) bond motifs is 3. The summed E-state index contributed by atoms with van der Waals surface area (Å²) in [5, 5.41) is 13.1. The fraction of sp³-hybridized carbons (Fsp3) is 0.500. The first kappa shape index (κ1) is 16.9. The summed E-state index contributed by atoms with van der Waals surface area (Å²) in [6, 6.07) is 2.39. The van der Waals surface area contributed by atoms with Crippen LogP contribution in [0.15, 0.2) is 17.1 Å². The van der Waals surface area contributed by atoms with Crippen molar-refractivity contribution in [2.75, 3.05) is 19.6 Å². The molecule has 7 heteroatoms. The maximum absolute atomic E-state index is 15.4. The summed E-state index contributed by atoms with van der Waals surface area (Å²) in [6.07, 6.45) is 4.40. The number of aromatic carboxylic acids is 1. The van der Waals surface area contributed by atoms with Gasteiger partial charge in [0.2, 0.25) is 5.43 Å². The van der Waals surface area contributed by atoms with E-state index in [2.05, 4.69) is 10.2 Å². The normalized spacial score (nSPS) is 27.3. The van der Waals surface area contributed by atoms with Gasteiger partial charge in [-0.05, 0) is 37.8 Å². The lowest BCUT2D eigenvalue weighted by Gasteiger charge is -2.34. The molecule has 1 aromatic carbocycles. The third-order valence-electron chi connectivity index (χ3n) is 6.31. The van der Waals surface area contributed by atoms with Crippen LogP contribution in [0, 0.1) is 12.7 Å². The second-order valence-electron chi connectivity index (χ2n) is 8.02. The van der Waals surface area contributed by atoms with Gasteiger partial charge in [0.1, 0.15) is 11.4 Å². The molecule has 2 bridgehead atoms. The molecule has 27 heavy (non-hydrogen) atoms. The van der Waals surface area contributed by atoms with E-state index < -0.39 is 11.4 Å². The second-order valence-corrected chi connectivity index (χ2v) is 8.02. The largest absolute Gasteiger partial charge is 0.477 e. The molecule has 0 spiro atoms. The first-order valence-corrected chi connectivity index (χ1v) is 9.54. The molecule has 3 aliphatic rings. The summed E-state index contributed by atoms with van der Waals surface area (Å²) in [5.41, 5.74) is 0.630. The Morgan fingerprint density at radius 3 is 2.81 bits per heavy atom. The van der Waals surface area contributed by atoms with Gasteiger partial charge in [0.15, 0.2) is 0 Å². The molecule has 2 aliphatic heterocycles. The van der Waals surface area contributed by atoms with Gasteiger partial charge in [-0.15, -0.1) is 0 Å². The topological polar surface area (TPSA) is 74.6 Å². The zero-order valence-electron chi connectivity index (χ0n) is 15.2. The minimum absolute atomic E-state index is 0.0613. The average molecular weight is 371 g/mol. The van der Waals surface area contributed by atoms with Crippen LogP contribution in [0.3, 0.4) is 0 Å². The second kappa shape index (κ2) is 5.87. The molecule has 6 nitrogen and oxygen atoms in total. The molecule has 1 aliphatic carbocycles.